The highest BCUT2D eigenvalue weighted by molar-refractivity contribution is 7.89. The van der Waals surface area contributed by atoms with Gasteiger partial charge in [-0.15, -0.1) is 0 Å². The van der Waals surface area contributed by atoms with Crippen LogP contribution >= 0.6 is 0 Å². The first-order valence-corrected chi connectivity index (χ1v) is 10.4. The Hall–Kier alpha value is -1.44. The average Bonchev–Trinajstić information content (AvgIpc) is 3.34. The molecule has 0 bridgehead atoms. The molecule has 0 unspecified atom stereocenters. The molecule has 0 aromatic heterocycles. The van der Waals surface area contributed by atoms with Crippen molar-refractivity contribution in [3.63, 3.8) is 0 Å². The monoisotopic (exact) mass is 367 g/mol. The Morgan fingerprint density at radius 1 is 1.12 bits per heavy atom. The van der Waals surface area contributed by atoms with Crippen LogP contribution in [0.5, 0.6) is 0 Å². The molecule has 7 heteroatoms. The van der Waals surface area contributed by atoms with Crippen LogP contribution in [0.15, 0.2) is 29.2 Å². The number of carbonyl (C=O) groups excluding carboxylic acids is 1. The molecule has 0 radical (unpaired) electrons. The number of nitrogens with one attached hydrogen (secondary N) is 2. The lowest BCUT2D eigenvalue weighted by molar-refractivity contribution is 0.0939. The highest BCUT2D eigenvalue weighted by atomic mass is 32.2. The van der Waals surface area contributed by atoms with E-state index in [2.05, 4.69) is 42.6 Å². The molecule has 1 saturated carbocycles. The molecule has 1 aliphatic carbocycles. The van der Waals surface area contributed by atoms with Crippen molar-refractivity contribution in [2.24, 2.45) is 0 Å². The Morgan fingerprint density at radius 2 is 1.68 bits per heavy atom. The fourth-order valence-corrected chi connectivity index (χ4v) is 4.09. The first-order valence-electron chi connectivity index (χ1n) is 8.87. The first kappa shape index (κ1) is 19.9. The summed E-state index contributed by atoms with van der Waals surface area (Å²) >= 11 is 0. The third kappa shape index (κ3) is 5.80. The molecule has 2 rings (SSSR count). The van der Waals surface area contributed by atoms with Gasteiger partial charge in [-0.05, 0) is 64.8 Å². The topological polar surface area (TPSA) is 78.5 Å². The first-order chi connectivity index (χ1) is 11.7. The minimum atomic E-state index is -3.48. The fraction of sp³-hybridized carbons (Fsp3) is 0.611. The van der Waals surface area contributed by atoms with Crippen LogP contribution in [-0.2, 0) is 10.0 Å². The third-order valence-electron chi connectivity index (χ3n) is 4.31. The second kappa shape index (κ2) is 8.29. The third-order valence-corrected chi connectivity index (χ3v) is 5.84. The van der Waals surface area contributed by atoms with Crippen molar-refractivity contribution in [3.05, 3.63) is 29.8 Å². The Morgan fingerprint density at radius 3 is 2.16 bits per heavy atom. The molecule has 0 heterocycles. The van der Waals surface area contributed by atoms with Gasteiger partial charge in [-0.2, -0.15) is 0 Å². The van der Waals surface area contributed by atoms with Crippen molar-refractivity contribution in [1.29, 1.82) is 0 Å². The van der Waals surface area contributed by atoms with Gasteiger partial charge < -0.3 is 5.32 Å². The summed E-state index contributed by atoms with van der Waals surface area (Å²) in [6, 6.07) is 6.97. The standard InChI is InChI=1S/C18H29N3O3S/c1-13(2)21(14(3)4)12-11-19-18(22)15-5-9-17(10-6-15)25(23,24)20-16-7-8-16/h5-6,9-10,13-14,16,20H,7-8,11-12H2,1-4H3,(H,19,22). The van der Waals surface area contributed by atoms with Gasteiger partial charge in [0.15, 0.2) is 0 Å². The van der Waals surface area contributed by atoms with E-state index in [4.69, 9.17) is 0 Å². The number of sulfonamides is 1. The number of hydrogen-bond donors (Lipinski definition) is 2. The van der Waals surface area contributed by atoms with E-state index in [1.165, 1.54) is 12.1 Å². The van der Waals surface area contributed by atoms with Gasteiger partial charge >= 0.3 is 0 Å². The summed E-state index contributed by atoms with van der Waals surface area (Å²) in [5.74, 6) is -0.188. The molecule has 1 aromatic carbocycles. The van der Waals surface area contributed by atoms with Crippen LogP contribution in [-0.4, -0.2) is 50.4 Å². The maximum atomic E-state index is 12.2. The zero-order valence-electron chi connectivity index (χ0n) is 15.5. The summed E-state index contributed by atoms with van der Waals surface area (Å²) in [4.78, 5) is 14.7. The SMILES string of the molecule is CC(C)N(CCNC(=O)c1ccc(S(=O)(=O)NC2CC2)cc1)C(C)C. The van der Waals surface area contributed by atoms with Crippen LogP contribution in [0, 0.1) is 0 Å². The molecule has 0 spiro atoms. The van der Waals surface area contributed by atoms with Crippen LogP contribution in [0.25, 0.3) is 0 Å². The van der Waals surface area contributed by atoms with Gasteiger partial charge in [0.1, 0.15) is 0 Å². The van der Waals surface area contributed by atoms with E-state index in [0.717, 1.165) is 19.4 Å². The highest BCUT2D eigenvalue weighted by Gasteiger charge is 2.27. The molecule has 0 atom stereocenters. The number of rotatable bonds is 9. The zero-order valence-corrected chi connectivity index (χ0v) is 16.3. The van der Waals surface area contributed by atoms with Gasteiger partial charge in [-0.1, -0.05) is 0 Å². The fourth-order valence-electron chi connectivity index (χ4n) is 2.79. The van der Waals surface area contributed by atoms with Gasteiger partial charge in [0, 0.05) is 36.8 Å². The second-order valence-corrected chi connectivity index (χ2v) is 8.82. The Kier molecular flexibility index (Phi) is 6.59. The van der Waals surface area contributed by atoms with Crippen LogP contribution in [0.1, 0.15) is 50.9 Å². The van der Waals surface area contributed by atoms with Gasteiger partial charge in [0.25, 0.3) is 5.91 Å². The van der Waals surface area contributed by atoms with E-state index in [1.54, 1.807) is 12.1 Å². The van der Waals surface area contributed by atoms with Crippen LogP contribution in [0.2, 0.25) is 0 Å². The molecule has 1 aliphatic rings. The van der Waals surface area contributed by atoms with Crippen molar-refractivity contribution in [3.8, 4) is 0 Å². The van der Waals surface area contributed by atoms with Crippen LogP contribution < -0.4 is 10.0 Å². The van der Waals surface area contributed by atoms with Gasteiger partial charge in [-0.25, -0.2) is 13.1 Å². The highest BCUT2D eigenvalue weighted by Crippen LogP contribution is 2.22. The molecule has 1 fully saturated rings. The van der Waals surface area contributed by atoms with Crippen molar-refractivity contribution < 1.29 is 13.2 Å². The van der Waals surface area contributed by atoms with Crippen molar-refractivity contribution in [1.82, 2.24) is 14.9 Å². The van der Waals surface area contributed by atoms with Crippen molar-refractivity contribution in [2.45, 2.75) is 63.6 Å². The van der Waals surface area contributed by atoms with E-state index in [9.17, 15) is 13.2 Å². The Labute approximate surface area is 151 Å². The molecule has 1 aromatic rings. The second-order valence-electron chi connectivity index (χ2n) is 7.10. The van der Waals surface area contributed by atoms with E-state index in [0.29, 0.717) is 24.2 Å². The summed E-state index contributed by atoms with van der Waals surface area (Å²) in [5, 5.41) is 2.89. The molecule has 25 heavy (non-hydrogen) atoms. The molecule has 0 saturated heterocycles. The quantitative estimate of drug-likeness (QED) is 0.699. The predicted octanol–water partition coefficient (Wildman–Crippen LogP) is 1.98. The average molecular weight is 368 g/mol. The number of benzene rings is 1. The Balaban J connectivity index is 1.89. The molecule has 1 amide bonds. The van der Waals surface area contributed by atoms with Crippen molar-refractivity contribution in [2.75, 3.05) is 13.1 Å². The van der Waals surface area contributed by atoms with Gasteiger partial charge in [0.05, 0.1) is 4.90 Å². The lowest BCUT2D eigenvalue weighted by Gasteiger charge is -2.30. The maximum absolute atomic E-state index is 12.2. The predicted molar refractivity (Wildman–Crippen MR) is 99.1 cm³/mol. The summed E-state index contributed by atoms with van der Waals surface area (Å²) in [5.41, 5.74) is 0.464. The van der Waals surface area contributed by atoms with Gasteiger partial charge in [0.2, 0.25) is 10.0 Å². The summed E-state index contributed by atoms with van der Waals surface area (Å²) in [7, 11) is -3.48. The molecular formula is C18H29N3O3S. The zero-order chi connectivity index (χ0) is 18.6. The van der Waals surface area contributed by atoms with Crippen LogP contribution in [0.4, 0.5) is 0 Å². The van der Waals surface area contributed by atoms with Crippen LogP contribution in [0.3, 0.4) is 0 Å². The number of hydrogen-bond acceptors (Lipinski definition) is 4. The number of nitrogens with zero attached hydrogens (tertiary/aromatic N) is 1. The number of amides is 1. The molecule has 140 valence electrons. The lowest BCUT2D eigenvalue weighted by atomic mass is 10.2. The normalized spacial score (nSPS) is 15.2. The minimum absolute atomic E-state index is 0.0674. The molecule has 2 N–H and O–H groups in total. The molecule has 6 nitrogen and oxygen atoms in total. The lowest BCUT2D eigenvalue weighted by Crippen LogP contribution is -2.42. The molecular weight excluding hydrogens is 338 g/mol. The van der Waals surface area contributed by atoms with E-state index >= 15 is 0 Å². The minimum Gasteiger partial charge on any atom is -0.351 e. The number of carbonyl (C=O) groups is 1. The smallest absolute Gasteiger partial charge is 0.251 e. The van der Waals surface area contributed by atoms with E-state index in [-0.39, 0.29) is 16.8 Å². The van der Waals surface area contributed by atoms with Crippen molar-refractivity contribution >= 4 is 15.9 Å². The largest absolute Gasteiger partial charge is 0.351 e. The summed E-state index contributed by atoms with van der Waals surface area (Å²) in [6.07, 6.45) is 1.78. The van der Waals surface area contributed by atoms with Gasteiger partial charge in [-0.3, -0.25) is 9.69 Å². The summed E-state index contributed by atoms with van der Waals surface area (Å²) < 4.78 is 26.9. The molecule has 0 aliphatic heterocycles. The van der Waals surface area contributed by atoms with E-state index in [1.807, 2.05) is 0 Å². The summed E-state index contributed by atoms with van der Waals surface area (Å²) in [6.45, 7) is 9.87. The maximum Gasteiger partial charge on any atom is 0.251 e. The van der Waals surface area contributed by atoms with E-state index < -0.39 is 10.0 Å². The Bertz CT molecular complexity index is 672.